The second kappa shape index (κ2) is 7.31. The molecule has 0 fully saturated rings. The van der Waals surface area contributed by atoms with Crippen LogP contribution >= 0.6 is 11.6 Å². The summed E-state index contributed by atoms with van der Waals surface area (Å²) in [6.07, 6.45) is -12.3. The Morgan fingerprint density at radius 2 is 2.52 bits per heavy atom. The van der Waals surface area contributed by atoms with E-state index in [2.05, 4.69) is 4.74 Å². The van der Waals surface area contributed by atoms with E-state index in [1.165, 1.54) is 0 Å². The molecule has 1 atom stereocenters. The summed E-state index contributed by atoms with van der Waals surface area (Å²) < 4.78 is 161. The molecule has 0 saturated heterocycles. The van der Waals surface area contributed by atoms with Crippen LogP contribution in [0.5, 0.6) is 0 Å². The second-order valence-electron chi connectivity index (χ2n) is 3.70. The van der Waals surface area contributed by atoms with E-state index in [4.69, 9.17) is 32.2 Å². The van der Waals surface area contributed by atoms with Gasteiger partial charge in [0, 0.05) is 12.3 Å². The lowest BCUT2D eigenvalue weighted by Gasteiger charge is -2.24. The zero-order valence-corrected chi connectivity index (χ0v) is 12.5. The van der Waals surface area contributed by atoms with Crippen LogP contribution < -0.4 is 4.72 Å². The molecule has 1 aliphatic rings. The van der Waals surface area contributed by atoms with Crippen molar-refractivity contribution < 1.29 is 42.9 Å². The van der Waals surface area contributed by atoms with Crippen LogP contribution in [-0.2, 0) is 19.6 Å². The molecule has 1 aliphatic carbocycles. The minimum Gasteiger partial charge on any atom is -0.463 e. The van der Waals surface area contributed by atoms with Crippen molar-refractivity contribution in [1.29, 1.82) is 0 Å². The molecular weight excluding hydrogens is 345 g/mol. The number of sulfonamides is 1. The summed E-state index contributed by atoms with van der Waals surface area (Å²) in [7, 11) is -6.34. The van der Waals surface area contributed by atoms with Crippen molar-refractivity contribution in [2.24, 2.45) is 0 Å². The summed E-state index contributed by atoms with van der Waals surface area (Å²) in [5.41, 5.74) is -3.52. The van der Waals surface area contributed by atoms with E-state index < -0.39 is 105 Å². The monoisotopic (exact) mass is 376 g/mol. The van der Waals surface area contributed by atoms with Gasteiger partial charge < -0.3 is 4.74 Å². The topological polar surface area (TPSA) is 72.5 Å². The number of halogens is 2. The standard InChI is InChI=1S/C15H17ClFNO4S/c1-2-22-15(19)11-5-3-4-6-14(11)23(20,21)18-13-8-7-10(17)9-12(13)16/h5,7-9,14,18H,2-4,6H2,1H3/t14-/m1/s1/i1D3,3D2,4D2,5D,6D2,7D,8D,9D,14D/hD. The molecular formula is C15H17ClFNO4S. The Kier molecular flexibility index (Phi) is 2.02. The summed E-state index contributed by atoms with van der Waals surface area (Å²) in [4.78, 5) is 12.8. The van der Waals surface area contributed by atoms with Gasteiger partial charge in [0.25, 0.3) is 0 Å². The molecule has 126 valence electrons. The summed E-state index contributed by atoms with van der Waals surface area (Å²) in [6, 6.07) is -6.23. The number of benzene rings is 1. The van der Waals surface area contributed by atoms with Crippen LogP contribution in [0.3, 0.4) is 0 Å². The minimum atomic E-state index is -6.34. The Morgan fingerprint density at radius 1 is 1.74 bits per heavy atom. The van der Waals surface area contributed by atoms with Gasteiger partial charge in [-0.25, -0.2) is 17.6 Å². The average molecular weight is 377 g/mol. The van der Waals surface area contributed by atoms with E-state index in [9.17, 15) is 17.6 Å². The number of esters is 1. The quantitative estimate of drug-likeness (QED) is 0.800. The number of carbonyl (C=O) groups excluding carboxylic acids is 1. The molecule has 0 spiro atoms. The van der Waals surface area contributed by atoms with E-state index in [0.717, 1.165) is 0 Å². The van der Waals surface area contributed by atoms with Gasteiger partial charge in [0.15, 0.2) is 1.41 Å². The SMILES string of the molecule is [2H]C1=C(C(=O)OCC([2H])([2H])[2H])[C@]([2H])(S(=O)(=O)N([2H])c2c([2H])c([2H])c(F)c([2H])c2Cl)C([2H])([2H])C([2H])([2H])C1([2H])[2H]. The van der Waals surface area contributed by atoms with Crippen LogP contribution in [0.1, 0.15) is 45.2 Å². The summed E-state index contributed by atoms with van der Waals surface area (Å²) >= 11 is 5.71. The van der Waals surface area contributed by atoms with Crippen molar-refractivity contribution in [2.75, 3.05) is 11.3 Å². The van der Waals surface area contributed by atoms with E-state index in [1.54, 1.807) is 0 Å². The number of nitrogens with one attached hydrogen (secondary N) is 1. The maximum absolute atomic E-state index is 14.0. The molecule has 2 rings (SSSR count). The van der Waals surface area contributed by atoms with E-state index in [-0.39, 0.29) is 0 Å². The third-order valence-electron chi connectivity index (χ3n) is 2.25. The van der Waals surface area contributed by atoms with Gasteiger partial charge in [-0.05, 0) is 44.1 Å². The van der Waals surface area contributed by atoms with Gasteiger partial charge in [0.1, 0.15) is 11.0 Å². The highest BCUT2D eigenvalue weighted by Gasteiger charge is 2.35. The molecule has 5 nitrogen and oxygen atoms in total. The lowest BCUT2D eigenvalue weighted by molar-refractivity contribution is -0.138. The molecule has 0 saturated carbocycles. The number of hydrogen-bond donors (Lipinski definition) is 1. The zero-order valence-electron chi connectivity index (χ0n) is 26.0. The van der Waals surface area contributed by atoms with Crippen molar-refractivity contribution in [2.45, 2.75) is 31.2 Å². The van der Waals surface area contributed by atoms with Crippen molar-refractivity contribution >= 4 is 33.3 Å². The lowest BCUT2D eigenvalue weighted by Crippen LogP contribution is -2.34. The van der Waals surface area contributed by atoms with Crippen molar-refractivity contribution in [3.63, 3.8) is 0 Å². The van der Waals surface area contributed by atoms with Gasteiger partial charge >= 0.3 is 5.97 Å². The average Bonchev–Trinajstić information content (AvgIpc) is 2.78. The van der Waals surface area contributed by atoms with Gasteiger partial charge in [-0.15, -0.1) is 0 Å². The fourth-order valence-electron chi connectivity index (χ4n) is 1.36. The molecule has 0 aromatic heterocycles. The van der Waals surface area contributed by atoms with Crippen molar-refractivity contribution in [3.8, 4) is 0 Å². The number of anilines is 1. The molecule has 0 heterocycles. The largest absolute Gasteiger partial charge is 0.463 e. The first-order valence-corrected chi connectivity index (χ1v) is 7.44. The van der Waals surface area contributed by atoms with Crippen LogP contribution in [0.15, 0.2) is 29.8 Å². The highest BCUT2D eigenvalue weighted by Crippen LogP contribution is 2.30. The van der Waals surface area contributed by atoms with E-state index in [0.29, 0.717) is 0 Å². The molecule has 0 aliphatic heterocycles. The van der Waals surface area contributed by atoms with Crippen molar-refractivity contribution in [1.82, 2.24) is 0 Å². The fourth-order valence-corrected chi connectivity index (χ4v) is 2.62. The normalized spacial score (nSPS) is 38.4. The van der Waals surface area contributed by atoms with Gasteiger partial charge in [0.2, 0.25) is 10.0 Å². The maximum Gasteiger partial charge on any atom is 0.335 e. The molecule has 1 aromatic carbocycles. The first kappa shape index (κ1) is 6.37. The maximum atomic E-state index is 14.0. The molecule has 0 bridgehead atoms. The van der Waals surface area contributed by atoms with Gasteiger partial charge in [-0.2, -0.15) is 0 Å². The van der Waals surface area contributed by atoms with Crippen LogP contribution in [0, 0.1) is 5.82 Å². The number of ether oxygens (including phenoxy) is 1. The molecule has 8 heteroatoms. The summed E-state index contributed by atoms with van der Waals surface area (Å²) in [6.45, 7) is -4.53. The van der Waals surface area contributed by atoms with Crippen LogP contribution in [0.2, 0.25) is 6.43 Å². The molecule has 1 N–H and O–H groups in total. The molecule has 0 unspecified atom stereocenters. The summed E-state index contributed by atoms with van der Waals surface area (Å²) in [5, 5.41) is -5.80. The summed E-state index contributed by atoms with van der Waals surface area (Å²) in [5.74, 6) is -3.94. The Balaban J connectivity index is 3.02. The fraction of sp³-hybridized carbons (Fsp3) is 0.400. The Morgan fingerprint density at radius 3 is 3.26 bits per heavy atom. The van der Waals surface area contributed by atoms with Gasteiger partial charge in [0.05, 0.1) is 29.7 Å². The number of rotatable bonds is 5. The molecule has 0 radical (unpaired) electrons. The predicted molar refractivity (Wildman–Crippen MR) is 86.3 cm³/mol. The minimum absolute atomic E-state index is 0.945. The zero-order chi connectivity index (χ0) is 30.2. The molecule has 23 heavy (non-hydrogen) atoms. The first-order chi connectivity index (χ1) is 16.7. The third kappa shape index (κ3) is 4.23. The van der Waals surface area contributed by atoms with Crippen LogP contribution in [0.25, 0.3) is 0 Å². The predicted octanol–water partition coefficient (Wildman–Crippen LogP) is 3.26. The number of hydrogen-bond acceptors (Lipinski definition) is 4. The van der Waals surface area contributed by atoms with E-state index in [1.807, 2.05) is 0 Å². The van der Waals surface area contributed by atoms with Crippen LogP contribution in [0.4, 0.5) is 10.1 Å². The first-order valence-electron chi connectivity index (χ1n) is 13.1. The highest BCUT2D eigenvalue weighted by molar-refractivity contribution is 7.93. The second-order valence-corrected chi connectivity index (χ2v) is 5.62. The molecule has 0 amide bonds. The van der Waals surface area contributed by atoms with E-state index >= 15 is 0 Å². The Bertz CT molecular complexity index is 1300. The molecule has 1 aromatic rings. The van der Waals surface area contributed by atoms with Gasteiger partial charge in [-0.3, -0.25) is 4.72 Å². The lowest BCUT2D eigenvalue weighted by atomic mass is 9.99. The number of carbonyl (C=O) groups is 1. The Labute approximate surface area is 160 Å². The Hall–Kier alpha value is -1.60. The highest BCUT2D eigenvalue weighted by atomic mass is 35.5. The number of allylic oxidation sites excluding steroid dienone is 1. The van der Waals surface area contributed by atoms with Crippen LogP contribution in [-0.4, -0.2) is 26.2 Å². The van der Waals surface area contributed by atoms with Gasteiger partial charge in [-0.1, -0.05) is 17.7 Å². The smallest absolute Gasteiger partial charge is 0.335 e. The third-order valence-corrected chi connectivity index (χ3v) is 3.77. The van der Waals surface area contributed by atoms with Crippen molar-refractivity contribution in [3.05, 3.63) is 40.6 Å².